The molecule has 1 aliphatic heterocycles. The van der Waals surface area contributed by atoms with E-state index in [1.165, 1.54) is 12.0 Å². The number of pyridine rings is 1. The normalized spacial score (nSPS) is 20.6. The van der Waals surface area contributed by atoms with Crippen molar-refractivity contribution >= 4 is 0 Å². The van der Waals surface area contributed by atoms with Crippen LogP contribution in [0.1, 0.15) is 59.4 Å². The van der Waals surface area contributed by atoms with Gasteiger partial charge in [0.1, 0.15) is 6.10 Å². The first-order valence-electron chi connectivity index (χ1n) is 6.32. The van der Waals surface area contributed by atoms with Crippen LogP contribution < -0.4 is 4.74 Å². The molecule has 0 bridgehead atoms. The highest BCUT2D eigenvalue weighted by Gasteiger charge is 2.27. The fourth-order valence-electron chi connectivity index (χ4n) is 1.38. The number of ether oxygens (including phenoxy) is 1. The first kappa shape index (κ1) is 14.9. The van der Waals surface area contributed by atoms with Crippen molar-refractivity contribution in [2.45, 2.75) is 60.0 Å². The predicted octanol–water partition coefficient (Wildman–Crippen LogP) is 4.41. The fourth-order valence-corrected chi connectivity index (χ4v) is 1.38. The van der Waals surface area contributed by atoms with Crippen LogP contribution in [0.3, 0.4) is 0 Å². The molecule has 92 valence electrons. The minimum atomic E-state index is 0.278. The van der Waals surface area contributed by atoms with E-state index >= 15 is 0 Å². The molecule has 2 atom stereocenters. The Balaban J connectivity index is 0.000000394. The second kappa shape index (κ2) is 8.14. The highest BCUT2D eigenvalue weighted by molar-refractivity contribution is 5.33. The fraction of sp³-hybridized carbons (Fsp3) is 0.643. The molecule has 0 amide bonds. The van der Waals surface area contributed by atoms with E-state index in [0.29, 0.717) is 5.92 Å². The van der Waals surface area contributed by atoms with Crippen LogP contribution in [-0.4, -0.2) is 11.1 Å². The molecular weight excluding hydrogens is 198 g/mol. The summed E-state index contributed by atoms with van der Waals surface area (Å²) in [7, 11) is 0. The van der Waals surface area contributed by atoms with E-state index in [9.17, 15) is 0 Å². The van der Waals surface area contributed by atoms with Crippen molar-refractivity contribution in [3.63, 3.8) is 0 Å². The molecule has 0 N–H and O–H groups in total. The van der Waals surface area contributed by atoms with Crippen molar-refractivity contribution in [3.05, 3.63) is 23.9 Å². The van der Waals surface area contributed by atoms with Crippen LogP contribution in [0, 0.1) is 0 Å². The lowest BCUT2D eigenvalue weighted by atomic mass is 10.0. The molecule has 0 aliphatic carbocycles. The third-order valence-corrected chi connectivity index (χ3v) is 2.29. The van der Waals surface area contributed by atoms with Gasteiger partial charge in [-0.3, -0.25) is 0 Å². The van der Waals surface area contributed by atoms with Gasteiger partial charge in [0.2, 0.25) is 5.88 Å². The summed E-state index contributed by atoms with van der Waals surface area (Å²) >= 11 is 0. The molecule has 1 aromatic rings. The Bertz CT molecular complexity index is 286. The summed E-state index contributed by atoms with van der Waals surface area (Å²) in [6, 6.07) is 4.03. The SMILES string of the molecule is CC.CC1Oc2ncccc2C1C.CCC. The summed E-state index contributed by atoms with van der Waals surface area (Å²) in [5.41, 5.74) is 1.24. The predicted molar refractivity (Wildman–Crippen MR) is 70.1 cm³/mol. The van der Waals surface area contributed by atoms with Crippen LogP contribution in [0.5, 0.6) is 5.88 Å². The Hall–Kier alpha value is -1.05. The third kappa shape index (κ3) is 3.84. The van der Waals surface area contributed by atoms with Crippen LogP contribution in [0.4, 0.5) is 0 Å². The monoisotopic (exact) mass is 223 g/mol. The van der Waals surface area contributed by atoms with Crippen LogP contribution in [0.15, 0.2) is 18.3 Å². The summed E-state index contributed by atoms with van der Waals surface area (Å²) in [4.78, 5) is 4.14. The molecule has 2 unspecified atom stereocenters. The average molecular weight is 223 g/mol. The zero-order valence-corrected chi connectivity index (χ0v) is 11.4. The van der Waals surface area contributed by atoms with Gasteiger partial charge in [-0.1, -0.05) is 47.1 Å². The second-order valence-corrected chi connectivity index (χ2v) is 3.72. The van der Waals surface area contributed by atoms with E-state index in [1.54, 1.807) is 6.20 Å². The van der Waals surface area contributed by atoms with Crippen molar-refractivity contribution in [1.29, 1.82) is 0 Å². The molecule has 0 fully saturated rings. The molecule has 0 saturated heterocycles. The van der Waals surface area contributed by atoms with Gasteiger partial charge in [0.25, 0.3) is 0 Å². The maximum Gasteiger partial charge on any atom is 0.217 e. The Labute approximate surface area is 100 Å². The molecule has 2 heterocycles. The lowest BCUT2D eigenvalue weighted by Crippen LogP contribution is -2.10. The number of rotatable bonds is 0. The van der Waals surface area contributed by atoms with Gasteiger partial charge >= 0.3 is 0 Å². The molecule has 0 spiro atoms. The second-order valence-electron chi connectivity index (χ2n) is 3.72. The maximum atomic E-state index is 5.51. The Morgan fingerprint density at radius 2 is 1.81 bits per heavy atom. The molecule has 0 aromatic carbocycles. The van der Waals surface area contributed by atoms with E-state index in [4.69, 9.17) is 4.74 Å². The molecule has 1 aromatic heterocycles. The number of hydrogen-bond donors (Lipinski definition) is 0. The summed E-state index contributed by atoms with van der Waals surface area (Å²) in [6.45, 7) is 12.5. The van der Waals surface area contributed by atoms with Crippen molar-refractivity contribution in [3.8, 4) is 5.88 Å². The first-order chi connectivity index (χ1) is 7.70. The van der Waals surface area contributed by atoms with Crippen molar-refractivity contribution in [1.82, 2.24) is 4.98 Å². The molecule has 0 saturated carbocycles. The molecule has 2 heteroatoms. The van der Waals surface area contributed by atoms with Gasteiger partial charge in [0.05, 0.1) is 0 Å². The number of nitrogens with zero attached hydrogens (tertiary/aromatic N) is 1. The van der Waals surface area contributed by atoms with E-state index < -0.39 is 0 Å². The van der Waals surface area contributed by atoms with Crippen molar-refractivity contribution in [2.24, 2.45) is 0 Å². The number of fused-ring (bicyclic) bond motifs is 1. The van der Waals surface area contributed by atoms with Crippen LogP contribution in [-0.2, 0) is 0 Å². The Morgan fingerprint density at radius 3 is 2.31 bits per heavy atom. The summed E-state index contributed by atoms with van der Waals surface area (Å²) in [6.07, 6.45) is 3.30. The van der Waals surface area contributed by atoms with Gasteiger partial charge in [0, 0.05) is 17.7 Å². The van der Waals surface area contributed by atoms with Gasteiger partial charge in [-0.05, 0) is 13.0 Å². The topological polar surface area (TPSA) is 22.1 Å². The Kier molecular flexibility index (Phi) is 7.61. The van der Waals surface area contributed by atoms with E-state index in [2.05, 4.69) is 38.7 Å². The standard InChI is InChI=1S/C9H11NO.C3H8.C2H6/c1-6-7(2)11-9-8(6)4-3-5-10-9;1-3-2;1-2/h3-7H,1-2H3;3H2,1-2H3;1-2H3. The zero-order valence-electron chi connectivity index (χ0n) is 11.4. The first-order valence-corrected chi connectivity index (χ1v) is 6.32. The molecule has 2 rings (SSSR count). The summed E-state index contributed by atoms with van der Waals surface area (Å²) < 4.78 is 5.51. The van der Waals surface area contributed by atoms with Gasteiger partial charge in [-0.2, -0.15) is 0 Å². The van der Waals surface area contributed by atoms with Crippen LogP contribution in [0.25, 0.3) is 0 Å². The largest absolute Gasteiger partial charge is 0.474 e. The average Bonchev–Trinajstić information content (AvgIpc) is 2.60. The zero-order chi connectivity index (χ0) is 12.6. The molecule has 16 heavy (non-hydrogen) atoms. The molecular formula is C14H25NO. The van der Waals surface area contributed by atoms with Crippen LogP contribution in [0.2, 0.25) is 0 Å². The smallest absolute Gasteiger partial charge is 0.217 e. The summed E-state index contributed by atoms with van der Waals surface area (Å²) in [5, 5.41) is 0. The minimum Gasteiger partial charge on any atom is -0.474 e. The number of aromatic nitrogens is 1. The lowest BCUT2D eigenvalue weighted by Gasteiger charge is -2.06. The maximum absolute atomic E-state index is 5.51. The van der Waals surface area contributed by atoms with Crippen molar-refractivity contribution in [2.75, 3.05) is 0 Å². The molecule has 1 aliphatic rings. The highest BCUT2D eigenvalue weighted by atomic mass is 16.5. The van der Waals surface area contributed by atoms with E-state index in [0.717, 1.165) is 5.88 Å². The Morgan fingerprint density at radius 1 is 1.25 bits per heavy atom. The number of hydrogen-bond acceptors (Lipinski definition) is 2. The lowest BCUT2D eigenvalue weighted by molar-refractivity contribution is 0.225. The third-order valence-electron chi connectivity index (χ3n) is 2.29. The van der Waals surface area contributed by atoms with Gasteiger partial charge in [-0.15, -0.1) is 0 Å². The van der Waals surface area contributed by atoms with Crippen LogP contribution >= 0.6 is 0 Å². The summed E-state index contributed by atoms with van der Waals surface area (Å²) in [5.74, 6) is 1.30. The molecule has 2 nitrogen and oxygen atoms in total. The van der Waals surface area contributed by atoms with Gasteiger partial charge < -0.3 is 4.74 Å². The molecule has 0 radical (unpaired) electrons. The van der Waals surface area contributed by atoms with E-state index in [-0.39, 0.29) is 6.10 Å². The highest BCUT2D eigenvalue weighted by Crippen LogP contribution is 2.35. The minimum absolute atomic E-state index is 0.278. The van der Waals surface area contributed by atoms with Gasteiger partial charge in [-0.25, -0.2) is 4.98 Å². The van der Waals surface area contributed by atoms with Gasteiger partial charge in [0.15, 0.2) is 0 Å². The van der Waals surface area contributed by atoms with Crippen molar-refractivity contribution < 1.29 is 4.74 Å². The quantitative estimate of drug-likeness (QED) is 0.650. The van der Waals surface area contributed by atoms with E-state index in [1.807, 2.05) is 19.9 Å².